The molecule has 2 unspecified atom stereocenters. The van der Waals surface area contributed by atoms with Gasteiger partial charge in [-0.3, -0.25) is 0 Å². The Morgan fingerprint density at radius 1 is 1.27 bits per heavy atom. The monoisotopic (exact) mass is 304 g/mol. The number of rotatable bonds is 5. The molecule has 0 radical (unpaired) electrons. The zero-order valence-electron chi connectivity index (χ0n) is 13.9. The normalized spacial score (nSPS) is 21.6. The maximum atomic E-state index is 12.6. The van der Waals surface area contributed by atoms with Crippen LogP contribution in [0.4, 0.5) is 4.79 Å². The second-order valence-corrected chi connectivity index (χ2v) is 6.29. The van der Waals surface area contributed by atoms with E-state index < -0.39 is 0 Å². The quantitative estimate of drug-likeness (QED) is 0.904. The Bertz CT molecular complexity index is 461. The lowest BCUT2D eigenvalue weighted by Crippen LogP contribution is -2.55. The van der Waals surface area contributed by atoms with E-state index >= 15 is 0 Å². The Balaban J connectivity index is 2.01. The number of benzene rings is 1. The molecule has 1 aliphatic rings. The van der Waals surface area contributed by atoms with E-state index in [4.69, 9.17) is 4.74 Å². The standard InChI is InChI=1S/C18H28N2O2/c1-14(2)20(17-12-8-7-11-16(17)19-3)18(21)22-13-15-9-5-4-6-10-15/h4-6,9-10,14,16-17,19H,7-8,11-13H2,1-3H3. The molecule has 0 saturated heterocycles. The van der Waals surface area contributed by atoms with Crippen molar-refractivity contribution in [1.82, 2.24) is 10.2 Å². The molecule has 1 fully saturated rings. The Kier molecular flexibility index (Phi) is 6.25. The van der Waals surface area contributed by atoms with Crippen LogP contribution in [-0.2, 0) is 11.3 Å². The fourth-order valence-corrected chi connectivity index (χ4v) is 3.30. The number of carbonyl (C=O) groups excluding carboxylic acids is 1. The summed E-state index contributed by atoms with van der Waals surface area (Å²) in [6, 6.07) is 10.6. The molecule has 0 heterocycles. The minimum absolute atomic E-state index is 0.141. The van der Waals surface area contributed by atoms with Gasteiger partial charge >= 0.3 is 6.09 Å². The molecule has 2 rings (SSSR count). The van der Waals surface area contributed by atoms with E-state index in [0.29, 0.717) is 12.6 Å². The van der Waals surface area contributed by atoms with Crippen molar-refractivity contribution in [1.29, 1.82) is 0 Å². The number of nitrogens with one attached hydrogen (secondary N) is 1. The predicted octanol–water partition coefficient (Wildman–Crippen LogP) is 3.56. The van der Waals surface area contributed by atoms with E-state index in [-0.39, 0.29) is 18.2 Å². The molecule has 22 heavy (non-hydrogen) atoms. The lowest BCUT2D eigenvalue weighted by molar-refractivity contribution is 0.0487. The topological polar surface area (TPSA) is 41.6 Å². The van der Waals surface area contributed by atoms with Crippen LogP contribution in [0.15, 0.2) is 30.3 Å². The largest absolute Gasteiger partial charge is 0.445 e. The van der Waals surface area contributed by atoms with Crippen molar-refractivity contribution in [3.05, 3.63) is 35.9 Å². The molecular formula is C18H28N2O2. The highest BCUT2D eigenvalue weighted by atomic mass is 16.6. The van der Waals surface area contributed by atoms with Crippen LogP contribution in [0.25, 0.3) is 0 Å². The number of likely N-dealkylation sites (N-methyl/N-ethyl adjacent to an activating group) is 1. The SMILES string of the molecule is CNC1CCCCC1N(C(=O)OCc1ccccc1)C(C)C. The van der Waals surface area contributed by atoms with Gasteiger partial charge in [0.1, 0.15) is 6.61 Å². The summed E-state index contributed by atoms with van der Waals surface area (Å²) >= 11 is 0. The number of ether oxygens (including phenoxy) is 1. The number of carbonyl (C=O) groups is 1. The van der Waals surface area contributed by atoms with Crippen molar-refractivity contribution >= 4 is 6.09 Å². The van der Waals surface area contributed by atoms with Crippen LogP contribution in [0.5, 0.6) is 0 Å². The molecule has 4 nitrogen and oxygen atoms in total. The second kappa shape index (κ2) is 8.18. The summed E-state index contributed by atoms with van der Waals surface area (Å²) in [5.74, 6) is 0. The summed E-state index contributed by atoms with van der Waals surface area (Å²) in [6.07, 6.45) is 4.37. The third-order valence-electron chi connectivity index (χ3n) is 4.43. The van der Waals surface area contributed by atoms with Gasteiger partial charge in [-0.1, -0.05) is 43.2 Å². The lowest BCUT2D eigenvalue weighted by atomic mass is 9.89. The summed E-state index contributed by atoms with van der Waals surface area (Å²) in [5.41, 5.74) is 1.02. The summed E-state index contributed by atoms with van der Waals surface area (Å²) in [7, 11) is 1.98. The molecule has 122 valence electrons. The van der Waals surface area contributed by atoms with Crippen LogP contribution in [0.3, 0.4) is 0 Å². The first-order valence-electron chi connectivity index (χ1n) is 8.29. The molecule has 2 atom stereocenters. The van der Waals surface area contributed by atoms with Gasteiger partial charge in [-0.15, -0.1) is 0 Å². The van der Waals surface area contributed by atoms with Gasteiger partial charge in [0, 0.05) is 12.1 Å². The minimum Gasteiger partial charge on any atom is -0.445 e. The number of amides is 1. The van der Waals surface area contributed by atoms with Crippen molar-refractivity contribution in [3.8, 4) is 0 Å². The van der Waals surface area contributed by atoms with Crippen molar-refractivity contribution in [2.45, 2.75) is 64.3 Å². The van der Waals surface area contributed by atoms with Gasteiger partial charge in [0.2, 0.25) is 0 Å². The summed E-state index contributed by atoms with van der Waals surface area (Å²) in [5, 5.41) is 3.37. The average molecular weight is 304 g/mol. The van der Waals surface area contributed by atoms with E-state index in [2.05, 4.69) is 19.2 Å². The van der Waals surface area contributed by atoms with Crippen molar-refractivity contribution in [3.63, 3.8) is 0 Å². The molecule has 0 spiro atoms. The molecule has 0 aliphatic heterocycles. The first kappa shape index (κ1) is 16.8. The highest BCUT2D eigenvalue weighted by Crippen LogP contribution is 2.25. The van der Waals surface area contributed by atoms with Gasteiger partial charge in [-0.2, -0.15) is 0 Å². The van der Waals surface area contributed by atoms with Gasteiger partial charge in [0.15, 0.2) is 0 Å². The summed E-state index contributed by atoms with van der Waals surface area (Å²) in [4.78, 5) is 14.5. The fourth-order valence-electron chi connectivity index (χ4n) is 3.30. The molecule has 1 aromatic carbocycles. The smallest absolute Gasteiger partial charge is 0.410 e. The molecule has 1 aliphatic carbocycles. The molecule has 1 saturated carbocycles. The Morgan fingerprint density at radius 2 is 1.95 bits per heavy atom. The Labute approximate surface area is 133 Å². The zero-order chi connectivity index (χ0) is 15.9. The number of hydrogen-bond acceptors (Lipinski definition) is 3. The molecule has 0 aromatic heterocycles. The molecular weight excluding hydrogens is 276 g/mol. The maximum Gasteiger partial charge on any atom is 0.410 e. The second-order valence-electron chi connectivity index (χ2n) is 6.29. The fraction of sp³-hybridized carbons (Fsp3) is 0.611. The molecule has 4 heteroatoms. The van der Waals surface area contributed by atoms with E-state index in [9.17, 15) is 4.79 Å². The third kappa shape index (κ3) is 4.23. The first-order chi connectivity index (χ1) is 10.6. The highest BCUT2D eigenvalue weighted by molar-refractivity contribution is 5.68. The van der Waals surface area contributed by atoms with Crippen LogP contribution in [0.2, 0.25) is 0 Å². The van der Waals surface area contributed by atoms with Gasteiger partial charge in [0.05, 0.1) is 6.04 Å². The van der Waals surface area contributed by atoms with Crippen molar-refractivity contribution in [2.75, 3.05) is 7.05 Å². The Morgan fingerprint density at radius 3 is 2.59 bits per heavy atom. The van der Waals surface area contributed by atoms with Crippen LogP contribution in [0, 0.1) is 0 Å². The minimum atomic E-state index is -0.203. The molecule has 1 amide bonds. The van der Waals surface area contributed by atoms with Gasteiger partial charge in [0.25, 0.3) is 0 Å². The maximum absolute atomic E-state index is 12.6. The van der Waals surface area contributed by atoms with Crippen LogP contribution in [0.1, 0.15) is 45.1 Å². The molecule has 0 bridgehead atoms. The van der Waals surface area contributed by atoms with Crippen LogP contribution in [-0.4, -0.2) is 36.2 Å². The van der Waals surface area contributed by atoms with E-state index in [1.54, 1.807) is 0 Å². The predicted molar refractivity (Wildman–Crippen MR) is 88.7 cm³/mol. The van der Waals surface area contributed by atoms with E-state index in [1.165, 1.54) is 12.8 Å². The van der Waals surface area contributed by atoms with Crippen LogP contribution >= 0.6 is 0 Å². The average Bonchev–Trinajstić information content (AvgIpc) is 2.54. The van der Waals surface area contributed by atoms with E-state index in [1.807, 2.05) is 42.3 Å². The Hall–Kier alpha value is -1.55. The zero-order valence-corrected chi connectivity index (χ0v) is 13.9. The van der Waals surface area contributed by atoms with Crippen molar-refractivity contribution < 1.29 is 9.53 Å². The molecule has 1 aromatic rings. The van der Waals surface area contributed by atoms with Crippen LogP contribution < -0.4 is 5.32 Å². The lowest BCUT2D eigenvalue weighted by Gasteiger charge is -2.41. The van der Waals surface area contributed by atoms with Gasteiger partial charge in [-0.05, 0) is 39.3 Å². The number of nitrogens with zero attached hydrogens (tertiary/aromatic N) is 1. The summed E-state index contributed by atoms with van der Waals surface area (Å²) < 4.78 is 5.56. The van der Waals surface area contributed by atoms with E-state index in [0.717, 1.165) is 18.4 Å². The van der Waals surface area contributed by atoms with Gasteiger partial charge in [-0.25, -0.2) is 4.79 Å². The van der Waals surface area contributed by atoms with Crippen molar-refractivity contribution in [2.24, 2.45) is 0 Å². The number of hydrogen-bond donors (Lipinski definition) is 1. The molecule has 1 N–H and O–H groups in total. The third-order valence-corrected chi connectivity index (χ3v) is 4.43. The van der Waals surface area contributed by atoms with Gasteiger partial charge < -0.3 is 15.0 Å². The first-order valence-corrected chi connectivity index (χ1v) is 8.29. The highest BCUT2D eigenvalue weighted by Gasteiger charge is 2.34. The summed E-state index contributed by atoms with van der Waals surface area (Å²) in [6.45, 7) is 4.45.